The van der Waals surface area contributed by atoms with Gasteiger partial charge in [-0.1, -0.05) is 26.0 Å². The molecule has 2 aliphatic heterocycles. The Balaban J connectivity index is 0.000000587. The fourth-order valence-corrected chi connectivity index (χ4v) is 6.53. The molecule has 0 aromatic heterocycles. The fourth-order valence-electron chi connectivity index (χ4n) is 6.53. The van der Waals surface area contributed by atoms with E-state index in [1.54, 1.807) is 0 Å². The Morgan fingerprint density at radius 1 is 1.30 bits per heavy atom. The predicted octanol–water partition coefficient (Wildman–Crippen LogP) is 2.92. The molecule has 2 heterocycles. The minimum absolute atomic E-state index is 0.00155. The van der Waals surface area contributed by atoms with Crippen LogP contribution < -0.4 is 10.1 Å². The number of carbonyl (C=O) groups excluding carboxylic acids is 1. The number of benzene rings is 1. The molecule has 2 saturated carbocycles. The van der Waals surface area contributed by atoms with E-state index in [1.807, 2.05) is 13.8 Å². The third-order valence-corrected chi connectivity index (χ3v) is 7.19. The van der Waals surface area contributed by atoms with Gasteiger partial charge in [0.1, 0.15) is 5.75 Å². The molecule has 122 valence electrons. The van der Waals surface area contributed by atoms with Crippen LogP contribution in [-0.4, -0.2) is 24.5 Å². The zero-order chi connectivity index (χ0) is 16.0. The number of nitrogens with one attached hydrogen (secondary N) is 1. The van der Waals surface area contributed by atoms with Crippen molar-refractivity contribution in [3.63, 3.8) is 0 Å². The van der Waals surface area contributed by atoms with E-state index in [-0.39, 0.29) is 11.5 Å². The molecule has 0 amide bonds. The lowest BCUT2D eigenvalue weighted by Crippen LogP contribution is -2.62. The Morgan fingerprint density at radius 3 is 2.87 bits per heavy atom. The number of ether oxygens (including phenoxy) is 1. The van der Waals surface area contributed by atoms with Crippen molar-refractivity contribution < 1.29 is 9.53 Å². The highest BCUT2D eigenvalue weighted by Gasteiger charge is 2.75. The molecule has 2 spiro atoms. The van der Waals surface area contributed by atoms with Crippen molar-refractivity contribution >= 4 is 5.78 Å². The molecule has 3 fully saturated rings. The number of Topliss-reactive ketones (excluding diaryl/α,β-unsaturated/α-hetero) is 1. The molecule has 4 unspecified atom stereocenters. The first-order valence-corrected chi connectivity index (χ1v) is 9.21. The second-order valence-corrected chi connectivity index (χ2v) is 7.97. The van der Waals surface area contributed by atoms with E-state index in [0.717, 1.165) is 18.7 Å². The van der Waals surface area contributed by atoms with E-state index in [1.165, 1.54) is 29.5 Å². The molecule has 6 rings (SSSR count). The van der Waals surface area contributed by atoms with E-state index in [0.29, 0.717) is 29.6 Å². The van der Waals surface area contributed by atoms with Crippen LogP contribution in [0.2, 0.25) is 0 Å². The number of carbonyl (C=O) groups is 1. The standard InChI is InChI=1S/C18H19NO2.C2H6/c1-9-2-3-10-6-17-7-18-11(15(17)19-8-17)4-5-12(20)16(18)21-14(9)13(10)18;1-2/h2-3,11,15-16,19H,4-8H2,1H3;1-2H3/t11?,15?,16-,17?,18?;/m0./s1. The zero-order valence-corrected chi connectivity index (χ0v) is 14.2. The number of fused-ring (bicyclic) bond motifs is 1. The molecule has 3 aliphatic carbocycles. The SMILES string of the molecule is CC.Cc1ccc2c3c1O[C@H]1C(=O)CCC4C5NCC5(C2)CC341. The summed E-state index contributed by atoms with van der Waals surface area (Å²) in [6, 6.07) is 5.10. The summed E-state index contributed by atoms with van der Waals surface area (Å²) in [6.45, 7) is 7.24. The number of rotatable bonds is 0. The Kier molecular flexibility index (Phi) is 2.55. The summed E-state index contributed by atoms with van der Waals surface area (Å²) in [5, 5.41) is 3.70. The number of hydrogen-bond donors (Lipinski definition) is 1. The summed E-state index contributed by atoms with van der Waals surface area (Å²) in [4.78, 5) is 12.6. The van der Waals surface area contributed by atoms with Gasteiger partial charge in [0.2, 0.25) is 0 Å². The van der Waals surface area contributed by atoms with Gasteiger partial charge in [0.25, 0.3) is 0 Å². The topological polar surface area (TPSA) is 38.3 Å². The average Bonchev–Trinajstić information content (AvgIpc) is 2.98. The third kappa shape index (κ3) is 1.32. The van der Waals surface area contributed by atoms with Gasteiger partial charge in [-0.3, -0.25) is 4.79 Å². The molecular weight excluding hydrogens is 286 g/mol. The first kappa shape index (κ1) is 14.0. The van der Waals surface area contributed by atoms with Gasteiger partial charge in [-0.2, -0.15) is 0 Å². The first-order valence-electron chi connectivity index (χ1n) is 9.21. The highest BCUT2D eigenvalue weighted by molar-refractivity contribution is 5.89. The van der Waals surface area contributed by atoms with Crippen molar-refractivity contribution in [2.24, 2.45) is 11.3 Å². The third-order valence-electron chi connectivity index (χ3n) is 7.19. The molecule has 0 radical (unpaired) electrons. The van der Waals surface area contributed by atoms with Crippen molar-refractivity contribution in [1.82, 2.24) is 5.32 Å². The van der Waals surface area contributed by atoms with Crippen molar-refractivity contribution in [1.29, 1.82) is 0 Å². The highest BCUT2D eigenvalue weighted by Crippen LogP contribution is 2.70. The molecule has 1 aromatic carbocycles. The van der Waals surface area contributed by atoms with E-state index < -0.39 is 0 Å². The number of hydrogen-bond acceptors (Lipinski definition) is 3. The molecule has 5 aliphatic rings. The lowest BCUT2D eigenvalue weighted by atomic mass is 9.59. The van der Waals surface area contributed by atoms with Crippen molar-refractivity contribution in [2.75, 3.05) is 6.54 Å². The zero-order valence-electron chi connectivity index (χ0n) is 14.2. The number of aryl methyl sites for hydroxylation is 1. The van der Waals surface area contributed by atoms with Crippen LogP contribution in [0.4, 0.5) is 0 Å². The lowest BCUT2D eigenvalue weighted by molar-refractivity contribution is -0.132. The van der Waals surface area contributed by atoms with Crippen molar-refractivity contribution in [3.05, 3.63) is 28.8 Å². The van der Waals surface area contributed by atoms with Crippen LogP contribution >= 0.6 is 0 Å². The molecule has 1 saturated heterocycles. The maximum atomic E-state index is 12.6. The van der Waals surface area contributed by atoms with Gasteiger partial charge < -0.3 is 10.1 Å². The van der Waals surface area contributed by atoms with E-state index >= 15 is 0 Å². The van der Waals surface area contributed by atoms with Crippen LogP contribution in [0.3, 0.4) is 0 Å². The van der Waals surface area contributed by atoms with Crippen molar-refractivity contribution in [3.8, 4) is 5.75 Å². The Hall–Kier alpha value is -1.35. The Labute approximate surface area is 137 Å². The lowest BCUT2D eigenvalue weighted by Gasteiger charge is -2.48. The maximum Gasteiger partial charge on any atom is 0.174 e. The van der Waals surface area contributed by atoms with Crippen LogP contribution in [0, 0.1) is 18.3 Å². The molecule has 23 heavy (non-hydrogen) atoms. The van der Waals surface area contributed by atoms with Crippen LogP contribution in [-0.2, 0) is 16.6 Å². The quantitative estimate of drug-likeness (QED) is 0.800. The van der Waals surface area contributed by atoms with Crippen LogP contribution in [0.15, 0.2) is 12.1 Å². The molecule has 1 N–H and O–H groups in total. The average molecular weight is 311 g/mol. The second kappa shape index (κ2) is 4.18. The first-order chi connectivity index (χ1) is 11.2. The smallest absolute Gasteiger partial charge is 0.174 e. The summed E-state index contributed by atoms with van der Waals surface area (Å²) in [5.41, 5.74) is 4.49. The minimum atomic E-state index is -0.198. The van der Waals surface area contributed by atoms with Crippen LogP contribution in [0.5, 0.6) is 5.75 Å². The fraction of sp³-hybridized carbons (Fsp3) is 0.650. The monoisotopic (exact) mass is 311 g/mol. The predicted molar refractivity (Wildman–Crippen MR) is 88.9 cm³/mol. The highest BCUT2D eigenvalue weighted by atomic mass is 16.5. The van der Waals surface area contributed by atoms with Crippen LogP contribution in [0.1, 0.15) is 49.8 Å². The van der Waals surface area contributed by atoms with Gasteiger partial charge in [-0.15, -0.1) is 0 Å². The number of ketones is 1. The molecule has 2 bridgehead atoms. The van der Waals surface area contributed by atoms with Crippen molar-refractivity contribution in [2.45, 2.75) is 64.0 Å². The molecule has 5 atom stereocenters. The molecule has 1 aromatic rings. The van der Waals surface area contributed by atoms with Gasteiger partial charge in [-0.05, 0) is 43.2 Å². The van der Waals surface area contributed by atoms with E-state index in [2.05, 4.69) is 24.4 Å². The van der Waals surface area contributed by atoms with E-state index in [9.17, 15) is 4.79 Å². The van der Waals surface area contributed by atoms with Gasteiger partial charge in [0.15, 0.2) is 11.9 Å². The normalized spacial score (nSPS) is 43.6. The molecular formula is C20H25NO2. The molecule has 3 nitrogen and oxygen atoms in total. The van der Waals surface area contributed by atoms with E-state index in [4.69, 9.17) is 4.74 Å². The Bertz CT molecular complexity index is 727. The summed E-state index contributed by atoms with van der Waals surface area (Å²) in [7, 11) is 0. The largest absolute Gasteiger partial charge is 0.481 e. The van der Waals surface area contributed by atoms with Gasteiger partial charge in [-0.25, -0.2) is 0 Å². The van der Waals surface area contributed by atoms with Gasteiger partial charge in [0.05, 0.1) is 0 Å². The van der Waals surface area contributed by atoms with Gasteiger partial charge >= 0.3 is 0 Å². The minimum Gasteiger partial charge on any atom is -0.481 e. The Morgan fingerprint density at radius 2 is 2.13 bits per heavy atom. The summed E-state index contributed by atoms with van der Waals surface area (Å²) in [5.74, 6) is 1.98. The molecule has 3 heteroatoms. The summed E-state index contributed by atoms with van der Waals surface area (Å²) in [6.07, 6.45) is 3.90. The van der Waals surface area contributed by atoms with Gasteiger partial charge in [0, 0.05) is 35.4 Å². The van der Waals surface area contributed by atoms with Crippen LogP contribution in [0.25, 0.3) is 0 Å². The second-order valence-electron chi connectivity index (χ2n) is 7.97. The summed E-state index contributed by atoms with van der Waals surface area (Å²) >= 11 is 0. The maximum absolute atomic E-state index is 12.6. The summed E-state index contributed by atoms with van der Waals surface area (Å²) < 4.78 is 6.31.